The van der Waals surface area contributed by atoms with Gasteiger partial charge in [0.2, 0.25) is 0 Å². The molecule has 0 aromatic rings. The molecule has 1 saturated carbocycles. The van der Waals surface area contributed by atoms with E-state index in [0.29, 0.717) is 12.3 Å². The van der Waals surface area contributed by atoms with E-state index in [1.54, 1.807) is 6.08 Å². The van der Waals surface area contributed by atoms with Crippen LogP contribution in [-0.4, -0.2) is 17.0 Å². The highest BCUT2D eigenvalue weighted by atomic mass is 16.3. The summed E-state index contributed by atoms with van der Waals surface area (Å²) in [5.41, 5.74) is 2.17. The molecule has 0 radical (unpaired) electrons. The number of carbonyl (C=O) groups is 1. The minimum atomic E-state index is -0.279. The van der Waals surface area contributed by atoms with Crippen molar-refractivity contribution in [1.29, 1.82) is 0 Å². The van der Waals surface area contributed by atoms with E-state index in [9.17, 15) is 9.90 Å². The van der Waals surface area contributed by atoms with Gasteiger partial charge in [0.25, 0.3) is 0 Å². The van der Waals surface area contributed by atoms with Crippen molar-refractivity contribution >= 4 is 5.78 Å². The molecule has 2 aliphatic carbocycles. The molecule has 0 amide bonds. The first-order chi connectivity index (χ1) is 7.84. The highest BCUT2D eigenvalue weighted by Crippen LogP contribution is 2.52. The van der Waals surface area contributed by atoms with Crippen LogP contribution in [0.25, 0.3) is 0 Å². The van der Waals surface area contributed by atoms with Gasteiger partial charge in [-0.15, -0.1) is 0 Å². The lowest BCUT2D eigenvalue weighted by Crippen LogP contribution is -2.42. The Kier molecular flexibility index (Phi) is 3.03. The highest BCUT2D eigenvalue weighted by molar-refractivity contribution is 5.95. The molecule has 2 rings (SSSR count). The van der Waals surface area contributed by atoms with Crippen LogP contribution in [0.15, 0.2) is 23.8 Å². The molecule has 0 aromatic carbocycles. The number of aliphatic hydroxyl groups excluding tert-OH is 1. The lowest BCUT2D eigenvalue weighted by atomic mass is 9.57. The Labute approximate surface area is 103 Å². The summed E-state index contributed by atoms with van der Waals surface area (Å²) in [7, 11) is 0. The summed E-state index contributed by atoms with van der Waals surface area (Å²) in [5, 5.41) is 9.82. The van der Waals surface area contributed by atoms with E-state index >= 15 is 0 Å². The maximum absolute atomic E-state index is 12.0. The molecule has 0 unspecified atom stereocenters. The lowest BCUT2D eigenvalue weighted by molar-refractivity contribution is -0.119. The summed E-state index contributed by atoms with van der Waals surface area (Å²) in [6.45, 7) is 10.3. The lowest BCUT2D eigenvalue weighted by Gasteiger charge is -2.47. The van der Waals surface area contributed by atoms with Crippen LogP contribution in [0.4, 0.5) is 0 Å². The zero-order chi connectivity index (χ0) is 12.8. The fraction of sp³-hybridized carbons (Fsp3) is 0.667. The molecule has 0 aliphatic heterocycles. The fourth-order valence-corrected chi connectivity index (χ4v) is 3.33. The van der Waals surface area contributed by atoms with E-state index in [1.807, 2.05) is 6.92 Å². The van der Waals surface area contributed by atoms with Crippen LogP contribution in [0.1, 0.15) is 40.0 Å². The second-order valence-electron chi connectivity index (χ2n) is 6.09. The first-order valence-electron chi connectivity index (χ1n) is 6.43. The van der Waals surface area contributed by atoms with Gasteiger partial charge in [0.1, 0.15) is 0 Å². The van der Waals surface area contributed by atoms with Gasteiger partial charge in [-0.3, -0.25) is 4.79 Å². The number of ketones is 1. The average Bonchev–Trinajstić information content (AvgIpc) is 2.20. The number of hydrogen-bond acceptors (Lipinski definition) is 2. The molecule has 2 nitrogen and oxygen atoms in total. The van der Waals surface area contributed by atoms with E-state index in [1.165, 1.54) is 0 Å². The Morgan fingerprint density at radius 3 is 2.82 bits per heavy atom. The van der Waals surface area contributed by atoms with E-state index in [2.05, 4.69) is 20.4 Å². The summed E-state index contributed by atoms with van der Waals surface area (Å²) >= 11 is 0. The molecule has 0 bridgehead atoms. The summed E-state index contributed by atoms with van der Waals surface area (Å²) < 4.78 is 0. The number of fused-ring (bicyclic) bond motifs is 1. The molecule has 17 heavy (non-hydrogen) atoms. The summed E-state index contributed by atoms with van der Waals surface area (Å²) in [4.78, 5) is 12.0. The van der Waals surface area contributed by atoms with Gasteiger partial charge in [-0.1, -0.05) is 31.6 Å². The fourth-order valence-electron chi connectivity index (χ4n) is 3.33. The van der Waals surface area contributed by atoms with Crippen LogP contribution in [0.2, 0.25) is 0 Å². The van der Waals surface area contributed by atoms with Gasteiger partial charge in [0, 0.05) is 5.92 Å². The Hall–Kier alpha value is -0.890. The van der Waals surface area contributed by atoms with Crippen molar-refractivity contribution in [2.75, 3.05) is 0 Å². The second kappa shape index (κ2) is 4.09. The molecular formula is C15H22O2. The minimum absolute atomic E-state index is 0.0264. The third kappa shape index (κ3) is 1.99. The maximum Gasteiger partial charge on any atom is 0.162 e. The zero-order valence-electron chi connectivity index (χ0n) is 11.0. The van der Waals surface area contributed by atoms with E-state index in [4.69, 9.17) is 0 Å². The van der Waals surface area contributed by atoms with Gasteiger partial charge < -0.3 is 5.11 Å². The van der Waals surface area contributed by atoms with Crippen molar-refractivity contribution in [3.05, 3.63) is 23.8 Å². The number of rotatable bonds is 1. The van der Waals surface area contributed by atoms with Gasteiger partial charge in [0.05, 0.1) is 6.10 Å². The molecule has 2 heteroatoms. The molecule has 94 valence electrons. The largest absolute Gasteiger partial charge is 0.393 e. The number of carbonyl (C=O) groups excluding carboxylic acids is 1. The summed E-state index contributed by atoms with van der Waals surface area (Å²) in [6.07, 6.45) is 3.86. The standard InChI is InChI=1S/C15H22O2/c1-9(2)13-8-15(4)10(3)5-12(16)6-11(15)7-14(13)17/h7,10,12-13,16H,1,5-6,8H2,2-4H3/t10-,12+,13-,15-/m0/s1. The topological polar surface area (TPSA) is 37.3 Å². The minimum Gasteiger partial charge on any atom is -0.393 e. The van der Waals surface area contributed by atoms with Crippen LogP contribution in [0.3, 0.4) is 0 Å². The normalized spacial score (nSPS) is 41.8. The van der Waals surface area contributed by atoms with Crippen LogP contribution in [0, 0.1) is 17.3 Å². The number of hydrogen-bond donors (Lipinski definition) is 1. The van der Waals surface area contributed by atoms with Crippen LogP contribution in [0.5, 0.6) is 0 Å². The number of allylic oxidation sites excluding steroid dienone is 2. The van der Waals surface area contributed by atoms with E-state index in [-0.39, 0.29) is 23.2 Å². The zero-order valence-corrected chi connectivity index (χ0v) is 11.0. The highest BCUT2D eigenvalue weighted by Gasteiger charge is 2.46. The van der Waals surface area contributed by atoms with Crippen molar-refractivity contribution in [3.8, 4) is 0 Å². The molecule has 0 saturated heterocycles. The van der Waals surface area contributed by atoms with Gasteiger partial charge >= 0.3 is 0 Å². The van der Waals surface area contributed by atoms with Crippen molar-refractivity contribution in [3.63, 3.8) is 0 Å². The van der Waals surface area contributed by atoms with Gasteiger partial charge in [-0.25, -0.2) is 0 Å². The Morgan fingerprint density at radius 2 is 2.24 bits per heavy atom. The van der Waals surface area contributed by atoms with Crippen LogP contribution >= 0.6 is 0 Å². The van der Waals surface area contributed by atoms with E-state index in [0.717, 1.165) is 24.0 Å². The van der Waals surface area contributed by atoms with E-state index < -0.39 is 0 Å². The SMILES string of the molecule is C=C(C)[C@@H]1C[C@]2(C)C(=CC1=O)C[C@H](O)C[C@@H]2C. The monoisotopic (exact) mass is 234 g/mol. The average molecular weight is 234 g/mol. The Balaban J connectivity index is 2.38. The van der Waals surface area contributed by atoms with Crippen molar-refractivity contribution in [2.45, 2.75) is 46.1 Å². The smallest absolute Gasteiger partial charge is 0.162 e. The maximum atomic E-state index is 12.0. The van der Waals surface area contributed by atoms with Gasteiger partial charge in [0.15, 0.2) is 5.78 Å². The van der Waals surface area contributed by atoms with Gasteiger partial charge in [-0.2, -0.15) is 0 Å². The predicted octanol–water partition coefficient (Wildman–Crippen LogP) is 2.88. The molecule has 0 aromatic heterocycles. The molecule has 0 heterocycles. The molecular weight excluding hydrogens is 212 g/mol. The Morgan fingerprint density at radius 1 is 1.59 bits per heavy atom. The molecule has 4 atom stereocenters. The number of aliphatic hydroxyl groups is 1. The van der Waals surface area contributed by atoms with Crippen molar-refractivity contribution < 1.29 is 9.90 Å². The summed E-state index contributed by atoms with van der Waals surface area (Å²) in [6, 6.07) is 0. The first kappa shape index (κ1) is 12.6. The van der Waals surface area contributed by atoms with Crippen LogP contribution in [-0.2, 0) is 4.79 Å². The molecule has 1 fully saturated rings. The first-order valence-corrected chi connectivity index (χ1v) is 6.43. The molecule has 1 N–H and O–H groups in total. The third-order valence-corrected chi connectivity index (χ3v) is 4.79. The quantitative estimate of drug-likeness (QED) is 0.708. The van der Waals surface area contributed by atoms with Gasteiger partial charge in [-0.05, 0) is 43.6 Å². The second-order valence-corrected chi connectivity index (χ2v) is 6.09. The predicted molar refractivity (Wildman–Crippen MR) is 68.5 cm³/mol. The van der Waals surface area contributed by atoms with Crippen molar-refractivity contribution in [2.24, 2.45) is 17.3 Å². The molecule has 2 aliphatic rings. The third-order valence-electron chi connectivity index (χ3n) is 4.79. The van der Waals surface area contributed by atoms with Crippen molar-refractivity contribution in [1.82, 2.24) is 0 Å². The molecule has 0 spiro atoms. The Bertz CT molecular complexity index is 394. The summed E-state index contributed by atoms with van der Waals surface area (Å²) in [5.74, 6) is 0.570. The van der Waals surface area contributed by atoms with Crippen LogP contribution < -0.4 is 0 Å².